The van der Waals surface area contributed by atoms with E-state index in [1.54, 1.807) is 19.1 Å². The number of nitrogens with two attached hydrogens (primary N) is 1. The summed E-state index contributed by atoms with van der Waals surface area (Å²) in [6.45, 7) is 2.36. The predicted molar refractivity (Wildman–Crippen MR) is 60.8 cm³/mol. The lowest BCUT2D eigenvalue weighted by Gasteiger charge is -2.20. The molecule has 1 rings (SSSR count). The van der Waals surface area contributed by atoms with Crippen molar-refractivity contribution < 1.29 is 14.2 Å². The van der Waals surface area contributed by atoms with Gasteiger partial charge in [-0.3, -0.25) is 0 Å². The fourth-order valence-electron chi connectivity index (χ4n) is 1.30. The van der Waals surface area contributed by atoms with E-state index >= 15 is 0 Å². The Morgan fingerprint density at radius 3 is 2.88 bits per heavy atom. The molecule has 0 radical (unpaired) electrons. The molecule has 0 bridgehead atoms. The molecule has 1 unspecified atom stereocenters. The molecule has 0 amide bonds. The van der Waals surface area contributed by atoms with Crippen molar-refractivity contribution in [2.24, 2.45) is 5.73 Å². The standard InChI is InChI=1S/C12H18FNO2/c1-12(15,9-14)6-3-7-16-11-5-2-4-10(13)8-11/h2,4-5,8,15H,3,6-7,9,14H2,1H3. The number of halogens is 1. The first-order chi connectivity index (χ1) is 7.53. The molecule has 0 aliphatic heterocycles. The second-order valence-corrected chi connectivity index (χ2v) is 4.11. The maximum atomic E-state index is 12.8. The highest BCUT2D eigenvalue weighted by atomic mass is 19.1. The summed E-state index contributed by atoms with van der Waals surface area (Å²) in [4.78, 5) is 0. The maximum absolute atomic E-state index is 12.8. The molecule has 1 aromatic rings. The Hall–Kier alpha value is -1.13. The Bertz CT molecular complexity index is 329. The highest BCUT2D eigenvalue weighted by molar-refractivity contribution is 5.22. The van der Waals surface area contributed by atoms with E-state index in [2.05, 4.69) is 0 Å². The summed E-state index contributed by atoms with van der Waals surface area (Å²) in [5.41, 5.74) is 4.54. The summed E-state index contributed by atoms with van der Waals surface area (Å²) in [7, 11) is 0. The topological polar surface area (TPSA) is 55.5 Å². The summed E-state index contributed by atoms with van der Waals surface area (Å²) in [5.74, 6) is 0.193. The third kappa shape index (κ3) is 4.59. The van der Waals surface area contributed by atoms with Crippen LogP contribution in [0.1, 0.15) is 19.8 Å². The van der Waals surface area contributed by atoms with Crippen LogP contribution in [0.4, 0.5) is 4.39 Å². The second kappa shape index (κ2) is 5.82. The number of hydrogen-bond acceptors (Lipinski definition) is 3. The van der Waals surface area contributed by atoms with Crippen molar-refractivity contribution in [3.63, 3.8) is 0 Å². The molecule has 0 aliphatic carbocycles. The number of rotatable bonds is 6. The van der Waals surface area contributed by atoms with Crippen molar-refractivity contribution in [1.29, 1.82) is 0 Å². The quantitative estimate of drug-likeness (QED) is 0.727. The Labute approximate surface area is 95.0 Å². The average Bonchev–Trinajstić information content (AvgIpc) is 2.25. The van der Waals surface area contributed by atoms with Crippen molar-refractivity contribution >= 4 is 0 Å². The van der Waals surface area contributed by atoms with E-state index in [9.17, 15) is 9.50 Å². The first-order valence-electron chi connectivity index (χ1n) is 5.34. The van der Waals surface area contributed by atoms with Crippen molar-refractivity contribution in [2.75, 3.05) is 13.2 Å². The van der Waals surface area contributed by atoms with Gasteiger partial charge >= 0.3 is 0 Å². The van der Waals surface area contributed by atoms with Gasteiger partial charge < -0.3 is 15.6 Å². The van der Waals surface area contributed by atoms with Crippen LogP contribution in [0.3, 0.4) is 0 Å². The lowest BCUT2D eigenvalue weighted by Crippen LogP contribution is -2.34. The van der Waals surface area contributed by atoms with Gasteiger partial charge in [0, 0.05) is 12.6 Å². The summed E-state index contributed by atoms with van der Waals surface area (Å²) in [6.07, 6.45) is 1.25. The largest absolute Gasteiger partial charge is 0.493 e. The van der Waals surface area contributed by atoms with Crippen LogP contribution in [-0.4, -0.2) is 23.9 Å². The van der Waals surface area contributed by atoms with Crippen LogP contribution in [0, 0.1) is 5.82 Å². The smallest absolute Gasteiger partial charge is 0.126 e. The molecular formula is C12H18FNO2. The van der Waals surface area contributed by atoms with Gasteiger partial charge in [0.1, 0.15) is 11.6 Å². The van der Waals surface area contributed by atoms with Gasteiger partial charge in [-0.2, -0.15) is 0 Å². The van der Waals surface area contributed by atoms with Gasteiger partial charge in [-0.25, -0.2) is 4.39 Å². The van der Waals surface area contributed by atoms with Crippen LogP contribution >= 0.6 is 0 Å². The second-order valence-electron chi connectivity index (χ2n) is 4.11. The SMILES string of the molecule is CC(O)(CN)CCCOc1cccc(F)c1. The van der Waals surface area contributed by atoms with Crippen LogP contribution in [0.5, 0.6) is 5.75 Å². The minimum atomic E-state index is -0.842. The maximum Gasteiger partial charge on any atom is 0.126 e. The molecule has 0 aromatic heterocycles. The van der Waals surface area contributed by atoms with E-state index in [1.807, 2.05) is 0 Å². The van der Waals surface area contributed by atoms with Crippen LogP contribution in [0.25, 0.3) is 0 Å². The Balaban J connectivity index is 2.26. The third-order valence-corrected chi connectivity index (χ3v) is 2.36. The third-order valence-electron chi connectivity index (χ3n) is 2.36. The van der Waals surface area contributed by atoms with Crippen LogP contribution in [-0.2, 0) is 0 Å². The van der Waals surface area contributed by atoms with E-state index in [-0.39, 0.29) is 12.4 Å². The van der Waals surface area contributed by atoms with E-state index in [0.717, 1.165) is 0 Å². The zero-order valence-corrected chi connectivity index (χ0v) is 9.45. The molecule has 4 heteroatoms. The average molecular weight is 227 g/mol. The molecule has 0 spiro atoms. The summed E-state index contributed by atoms with van der Waals surface area (Å²) < 4.78 is 18.1. The van der Waals surface area contributed by atoms with Gasteiger partial charge in [-0.05, 0) is 31.9 Å². The molecule has 0 aliphatic rings. The monoisotopic (exact) mass is 227 g/mol. The minimum Gasteiger partial charge on any atom is -0.493 e. The van der Waals surface area contributed by atoms with Crippen molar-refractivity contribution in [1.82, 2.24) is 0 Å². The number of ether oxygens (including phenoxy) is 1. The summed E-state index contributed by atoms with van der Waals surface area (Å²) in [5, 5.41) is 9.62. The van der Waals surface area contributed by atoms with E-state index in [1.165, 1.54) is 12.1 Å². The normalized spacial score (nSPS) is 14.5. The molecule has 16 heavy (non-hydrogen) atoms. The molecule has 3 N–H and O–H groups in total. The summed E-state index contributed by atoms with van der Waals surface area (Å²) in [6, 6.07) is 6.00. The number of benzene rings is 1. The molecule has 0 heterocycles. The zero-order chi connectivity index (χ0) is 12.0. The van der Waals surface area contributed by atoms with Gasteiger partial charge in [-0.15, -0.1) is 0 Å². The number of hydrogen-bond donors (Lipinski definition) is 2. The van der Waals surface area contributed by atoms with Crippen molar-refractivity contribution in [3.05, 3.63) is 30.1 Å². The highest BCUT2D eigenvalue weighted by Gasteiger charge is 2.16. The number of aliphatic hydroxyl groups is 1. The summed E-state index contributed by atoms with van der Waals surface area (Å²) >= 11 is 0. The zero-order valence-electron chi connectivity index (χ0n) is 9.45. The van der Waals surface area contributed by atoms with Crippen LogP contribution in [0.15, 0.2) is 24.3 Å². The molecule has 0 saturated carbocycles. The predicted octanol–water partition coefficient (Wildman–Crippen LogP) is 1.69. The van der Waals surface area contributed by atoms with E-state index in [0.29, 0.717) is 25.2 Å². The lowest BCUT2D eigenvalue weighted by molar-refractivity contribution is 0.0536. The first kappa shape index (κ1) is 12.9. The Kier molecular flexibility index (Phi) is 4.71. The van der Waals surface area contributed by atoms with E-state index in [4.69, 9.17) is 10.5 Å². The van der Waals surface area contributed by atoms with E-state index < -0.39 is 5.60 Å². The molecule has 1 atom stereocenters. The first-order valence-corrected chi connectivity index (χ1v) is 5.34. The van der Waals surface area contributed by atoms with Crippen molar-refractivity contribution in [2.45, 2.75) is 25.4 Å². The Morgan fingerprint density at radius 2 is 2.25 bits per heavy atom. The van der Waals surface area contributed by atoms with Gasteiger partial charge in [0.05, 0.1) is 12.2 Å². The van der Waals surface area contributed by atoms with Gasteiger partial charge in [-0.1, -0.05) is 6.07 Å². The Morgan fingerprint density at radius 1 is 1.50 bits per heavy atom. The molecule has 0 fully saturated rings. The minimum absolute atomic E-state index is 0.229. The van der Waals surface area contributed by atoms with Crippen molar-refractivity contribution in [3.8, 4) is 5.75 Å². The highest BCUT2D eigenvalue weighted by Crippen LogP contribution is 2.14. The van der Waals surface area contributed by atoms with Crippen LogP contribution < -0.4 is 10.5 Å². The van der Waals surface area contributed by atoms with Crippen LogP contribution in [0.2, 0.25) is 0 Å². The molecular weight excluding hydrogens is 209 g/mol. The molecule has 0 saturated heterocycles. The molecule has 3 nitrogen and oxygen atoms in total. The van der Waals surface area contributed by atoms with Gasteiger partial charge in [0.15, 0.2) is 0 Å². The van der Waals surface area contributed by atoms with Gasteiger partial charge in [0.25, 0.3) is 0 Å². The molecule has 90 valence electrons. The lowest BCUT2D eigenvalue weighted by atomic mass is 10.0. The fourth-order valence-corrected chi connectivity index (χ4v) is 1.30. The fraction of sp³-hybridized carbons (Fsp3) is 0.500. The van der Waals surface area contributed by atoms with Gasteiger partial charge in [0.2, 0.25) is 0 Å². The molecule has 1 aromatic carbocycles.